The Balaban J connectivity index is 1.82. The Hall–Kier alpha value is -1.61. The van der Waals surface area contributed by atoms with E-state index in [9.17, 15) is 0 Å². The molecule has 0 radical (unpaired) electrons. The summed E-state index contributed by atoms with van der Waals surface area (Å²) < 4.78 is 6.00. The van der Waals surface area contributed by atoms with Crippen LogP contribution in [-0.2, 0) is 0 Å². The molecule has 0 spiro atoms. The third kappa shape index (κ3) is 2.18. The molecule has 2 atom stereocenters. The van der Waals surface area contributed by atoms with Crippen LogP contribution in [0.5, 0.6) is 5.88 Å². The Morgan fingerprint density at radius 2 is 2.06 bits per heavy atom. The first-order valence-electron chi connectivity index (χ1n) is 6.59. The van der Waals surface area contributed by atoms with Crippen molar-refractivity contribution in [2.24, 2.45) is 11.7 Å². The van der Waals surface area contributed by atoms with Crippen molar-refractivity contribution < 1.29 is 4.74 Å². The van der Waals surface area contributed by atoms with E-state index in [1.54, 1.807) is 0 Å². The lowest BCUT2D eigenvalue weighted by molar-refractivity contribution is 0.156. The van der Waals surface area contributed by atoms with Gasteiger partial charge in [0.25, 0.3) is 0 Å². The molecule has 18 heavy (non-hydrogen) atoms. The fourth-order valence-corrected chi connectivity index (χ4v) is 2.70. The molecule has 1 fully saturated rings. The summed E-state index contributed by atoms with van der Waals surface area (Å²) in [4.78, 5) is 4.54. The first-order valence-corrected chi connectivity index (χ1v) is 6.59. The summed E-state index contributed by atoms with van der Waals surface area (Å²) >= 11 is 0. The first-order chi connectivity index (χ1) is 8.86. The molecule has 0 aliphatic heterocycles. The standard InChI is InChI=1S/C15H18N2O/c16-10-12-5-3-7-14(12)18-15-9-8-11-4-1-2-6-13(11)17-15/h1-2,4,6,8-9,12,14H,3,5,7,10,16H2. The second-order valence-electron chi connectivity index (χ2n) is 4.93. The Bertz CT molecular complexity index is 541. The van der Waals surface area contributed by atoms with Crippen LogP contribution >= 0.6 is 0 Å². The maximum Gasteiger partial charge on any atom is 0.214 e. The first kappa shape index (κ1) is 11.5. The van der Waals surface area contributed by atoms with Crippen LogP contribution in [0.1, 0.15) is 19.3 Å². The highest BCUT2D eigenvalue weighted by Gasteiger charge is 2.28. The van der Waals surface area contributed by atoms with E-state index in [0.717, 1.165) is 23.2 Å². The molecule has 2 unspecified atom stereocenters. The van der Waals surface area contributed by atoms with Gasteiger partial charge in [0.05, 0.1) is 5.52 Å². The summed E-state index contributed by atoms with van der Waals surface area (Å²) in [6, 6.07) is 12.1. The molecule has 0 amide bonds. The summed E-state index contributed by atoms with van der Waals surface area (Å²) in [5.74, 6) is 1.21. The number of nitrogens with two attached hydrogens (primary N) is 1. The molecule has 1 aromatic carbocycles. The number of pyridine rings is 1. The Morgan fingerprint density at radius 1 is 1.17 bits per heavy atom. The average Bonchev–Trinajstić information content (AvgIpc) is 2.86. The lowest BCUT2D eigenvalue weighted by Gasteiger charge is -2.19. The number of fused-ring (bicyclic) bond motifs is 1. The lowest BCUT2D eigenvalue weighted by atomic mass is 10.1. The number of aromatic nitrogens is 1. The molecule has 0 saturated heterocycles. The van der Waals surface area contributed by atoms with Crippen molar-refractivity contribution in [1.29, 1.82) is 0 Å². The van der Waals surface area contributed by atoms with Crippen LogP contribution < -0.4 is 10.5 Å². The highest BCUT2D eigenvalue weighted by Crippen LogP contribution is 2.29. The molecule has 1 heterocycles. The average molecular weight is 242 g/mol. The summed E-state index contributed by atoms with van der Waals surface area (Å²) in [5, 5.41) is 1.15. The molecule has 1 aliphatic rings. The van der Waals surface area contributed by atoms with E-state index in [-0.39, 0.29) is 6.10 Å². The Labute approximate surface area is 107 Å². The Kier molecular flexibility index (Phi) is 3.15. The van der Waals surface area contributed by atoms with Gasteiger partial charge < -0.3 is 10.5 Å². The van der Waals surface area contributed by atoms with Crippen molar-refractivity contribution in [1.82, 2.24) is 4.98 Å². The molecule has 94 valence electrons. The zero-order chi connectivity index (χ0) is 12.4. The molecule has 3 nitrogen and oxygen atoms in total. The minimum Gasteiger partial charge on any atom is -0.474 e. The fourth-order valence-electron chi connectivity index (χ4n) is 2.70. The largest absolute Gasteiger partial charge is 0.474 e. The highest BCUT2D eigenvalue weighted by atomic mass is 16.5. The maximum absolute atomic E-state index is 6.00. The quantitative estimate of drug-likeness (QED) is 0.900. The van der Waals surface area contributed by atoms with Gasteiger partial charge in [-0.1, -0.05) is 18.2 Å². The van der Waals surface area contributed by atoms with Crippen molar-refractivity contribution >= 4 is 10.9 Å². The fraction of sp³-hybridized carbons (Fsp3) is 0.400. The third-order valence-electron chi connectivity index (χ3n) is 3.74. The van der Waals surface area contributed by atoms with E-state index >= 15 is 0 Å². The van der Waals surface area contributed by atoms with Gasteiger partial charge in [0, 0.05) is 17.4 Å². The smallest absolute Gasteiger partial charge is 0.214 e. The molecule has 3 rings (SSSR count). The summed E-state index contributed by atoms with van der Waals surface area (Å²) in [7, 11) is 0. The molecule has 1 saturated carbocycles. The maximum atomic E-state index is 6.00. The van der Waals surface area contributed by atoms with Crippen molar-refractivity contribution in [2.75, 3.05) is 6.54 Å². The molecular weight excluding hydrogens is 224 g/mol. The van der Waals surface area contributed by atoms with E-state index in [4.69, 9.17) is 10.5 Å². The molecule has 0 bridgehead atoms. The van der Waals surface area contributed by atoms with Crippen molar-refractivity contribution in [3.8, 4) is 5.88 Å². The number of benzene rings is 1. The van der Waals surface area contributed by atoms with Crippen molar-refractivity contribution in [2.45, 2.75) is 25.4 Å². The van der Waals surface area contributed by atoms with E-state index in [1.165, 1.54) is 12.8 Å². The minimum absolute atomic E-state index is 0.240. The third-order valence-corrected chi connectivity index (χ3v) is 3.74. The van der Waals surface area contributed by atoms with Gasteiger partial charge in [-0.15, -0.1) is 0 Å². The lowest BCUT2D eigenvalue weighted by Crippen LogP contribution is -2.27. The summed E-state index contributed by atoms with van der Waals surface area (Å²) in [6.45, 7) is 0.707. The second-order valence-corrected chi connectivity index (χ2v) is 4.93. The molecule has 2 aromatic rings. The van der Waals surface area contributed by atoms with Crippen molar-refractivity contribution in [3.05, 3.63) is 36.4 Å². The van der Waals surface area contributed by atoms with Gasteiger partial charge in [-0.2, -0.15) is 0 Å². The van der Waals surface area contributed by atoms with E-state index in [2.05, 4.69) is 17.1 Å². The monoisotopic (exact) mass is 242 g/mol. The van der Waals surface area contributed by atoms with Crippen LogP contribution in [-0.4, -0.2) is 17.6 Å². The SMILES string of the molecule is NCC1CCCC1Oc1ccc2ccccc2n1. The number of rotatable bonds is 3. The summed E-state index contributed by atoms with van der Waals surface area (Å²) in [5.41, 5.74) is 6.75. The summed E-state index contributed by atoms with van der Waals surface area (Å²) in [6.07, 6.45) is 3.72. The van der Waals surface area contributed by atoms with Gasteiger partial charge in [0.1, 0.15) is 6.10 Å². The topological polar surface area (TPSA) is 48.1 Å². The van der Waals surface area contributed by atoms with Crippen LogP contribution in [0.2, 0.25) is 0 Å². The van der Waals surface area contributed by atoms with E-state index in [0.29, 0.717) is 12.5 Å². The van der Waals surface area contributed by atoms with Gasteiger partial charge in [-0.05, 0) is 37.9 Å². The number of hydrogen-bond acceptors (Lipinski definition) is 3. The van der Waals surface area contributed by atoms with E-state index < -0.39 is 0 Å². The van der Waals surface area contributed by atoms with Crippen LogP contribution in [0.3, 0.4) is 0 Å². The number of para-hydroxylation sites is 1. The van der Waals surface area contributed by atoms with Gasteiger partial charge in [0.2, 0.25) is 5.88 Å². The van der Waals surface area contributed by atoms with Crippen LogP contribution in [0, 0.1) is 5.92 Å². The van der Waals surface area contributed by atoms with Gasteiger partial charge in [-0.3, -0.25) is 0 Å². The molecule has 2 N–H and O–H groups in total. The normalized spacial score (nSPS) is 23.4. The molecule has 1 aliphatic carbocycles. The molecular formula is C15H18N2O. The Morgan fingerprint density at radius 3 is 2.94 bits per heavy atom. The molecule has 3 heteroatoms. The zero-order valence-electron chi connectivity index (χ0n) is 10.4. The van der Waals surface area contributed by atoms with Gasteiger partial charge in [-0.25, -0.2) is 4.98 Å². The number of nitrogens with zero attached hydrogens (tertiary/aromatic N) is 1. The zero-order valence-corrected chi connectivity index (χ0v) is 10.4. The second kappa shape index (κ2) is 4.94. The van der Waals surface area contributed by atoms with Crippen LogP contribution in [0.4, 0.5) is 0 Å². The number of hydrogen-bond donors (Lipinski definition) is 1. The number of ether oxygens (including phenoxy) is 1. The van der Waals surface area contributed by atoms with Crippen molar-refractivity contribution in [3.63, 3.8) is 0 Å². The van der Waals surface area contributed by atoms with Crippen LogP contribution in [0.25, 0.3) is 10.9 Å². The highest BCUT2D eigenvalue weighted by molar-refractivity contribution is 5.78. The minimum atomic E-state index is 0.240. The predicted molar refractivity (Wildman–Crippen MR) is 72.6 cm³/mol. The van der Waals surface area contributed by atoms with Gasteiger partial charge >= 0.3 is 0 Å². The van der Waals surface area contributed by atoms with Crippen LogP contribution in [0.15, 0.2) is 36.4 Å². The van der Waals surface area contributed by atoms with Gasteiger partial charge in [0.15, 0.2) is 0 Å². The predicted octanol–water partition coefficient (Wildman–Crippen LogP) is 2.74. The van der Waals surface area contributed by atoms with E-state index in [1.807, 2.05) is 24.3 Å². The molecule has 1 aromatic heterocycles.